The van der Waals surface area contributed by atoms with Crippen LogP contribution in [0, 0.1) is 5.92 Å². The van der Waals surface area contributed by atoms with E-state index in [4.69, 9.17) is 0 Å². The van der Waals surface area contributed by atoms with Crippen molar-refractivity contribution in [3.8, 4) is 0 Å². The molecule has 2 aromatic carbocycles. The van der Waals surface area contributed by atoms with Crippen molar-refractivity contribution in [1.82, 2.24) is 4.90 Å². The molecule has 0 radical (unpaired) electrons. The number of anilines is 1. The molecule has 2 rings (SSSR count). The second-order valence-corrected chi connectivity index (χ2v) is 11.1. The summed E-state index contributed by atoms with van der Waals surface area (Å²) in [6, 6.07) is 12.2. The Labute approximate surface area is 205 Å². The maximum absolute atomic E-state index is 13.4. The highest BCUT2D eigenvalue weighted by atomic mass is 32.2. The highest BCUT2D eigenvalue weighted by Crippen LogP contribution is 2.27. The molecular formula is C24H30N2O6S2. The number of carboxylic acid groups (broad SMARTS) is 1. The summed E-state index contributed by atoms with van der Waals surface area (Å²) in [6.45, 7) is 5.37. The highest BCUT2D eigenvalue weighted by molar-refractivity contribution is 7.90. The third-order valence-corrected chi connectivity index (χ3v) is 7.13. The van der Waals surface area contributed by atoms with Crippen LogP contribution in [0.4, 0.5) is 10.5 Å². The van der Waals surface area contributed by atoms with Crippen molar-refractivity contribution in [2.75, 3.05) is 11.6 Å². The molecule has 0 spiro atoms. The molecule has 0 saturated carbocycles. The summed E-state index contributed by atoms with van der Waals surface area (Å²) >= 11 is 4.46. The number of benzene rings is 2. The van der Waals surface area contributed by atoms with E-state index in [-0.39, 0.29) is 22.9 Å². The van der Waals surface area contributed by atoms with Gasteiger partial charge in [-0.05, 0) is 42.2 Å². The van der Waals surface area contributed by atoms with Crippen molar-refractivity contribution in [1.29, 1.82) is 0 Å². The monoisotopic (exact) mass is 506 g/mol. The van der Waals surface area contributed by atoms with Crippen LogP contribution in [0.1, 0.15) is 38.7 Å². The van der Waals surface area contributed by atoms with Crippen molar-refractivity contribution in [2.45, 2.75) is 49.3 Å². The van der Waals surface area contributed by atoms with Crippen LogP contribution in [-0.2, 0) is 19.4 Å². The van der Waals surface area contributed by atoms with E-state index in [0.717, 1.165) is 11.8 Å². The Bertz CT molecular complexity index is 1120. The van der Waals surface area contributed by atoms with Crippen molar-refractivity contribution >= 4 is 46.1 Å². The molecule has 0 aliphatic heterocycles. The van der Waals surface area contributed by atoms with Gasteiger partial charge < -0.3 is 10.4 Å². The number of amides is 3. The van der Waals surface area contributed by atoms with Gasteiger partial charge in [-0.25, -0.2) is 22.9 Å². The fourth-order valence-corrected chi connectivity index (χ4v) is 4.35. The molecule has 0 fully saturated rings. The van der Waals surface area contributed by atoms with Gasteiger partial charge in [-0.2, -0.15) is 12.6 Å². The maximum atomic E-state index is 13.4. The zero-order valence-corrected chi connectivity index (χ0v) is 21.2. The number of carbonyl (C=O) groups is 3. The number of sulfone groups is 1. The first-order chi connectivity index (χ1) is 15.8. The van der Waals surface area contributed by atoms with E-state index in [0.29, 0.717) is 4.90 Å². The fourth-order valence-electron chi connectivity index (χ4n) is 3.42. The zero-order chi connectivity index (χ0) is 25.6. The number of carboxylic acids is 1. The zero-order valence-electron chi connectivity index (χ0n) is 19.5. The third kappa shape index (κ3) is 7.07. The fraction of sp³-hybridized carbons (Fsp3) is 0.375. The standard InChI is InChI=1S/C24H30N2O6S2/c1-15(2)14-20(23(28)29)26(22(27)21(33)16(3)17-8-6-5-7-9-17)24(30)25-18-10-12-19(13-11-18)34(4,31)32/h5-13,15-16,20-21,33H,14H2,1-4H3,(H,25,30)(H,28,29)/t16?,20-,21?/m0/s1. The summed E-state index contributed by atoms with van der Waals surface area (Å²) in [6.07, 6.45) is 1.12. The van der Waals surface area contributed by atoms with Crippen molar-refractivity contribution in [2.24, 2.45) is 5.92 Å². The summed E-state index contributed by atoms with van der Waals surface area (Å²) in [7, 11) is -3.43. The minimum atomic E-state index is -3.43. The molecule has 184 valence electrons. The number of thiol groups is 1. The maximum Gasteiger partial charge on any atom is 0.329 e. The largest absolute Gasteiger partial charge is 0.480 e. The summed E-state index contributed by atoms with van der Waals surface area (Å²) in [5.74, 6) is -2.55. The molecule has 0 saturated heterocycles. The van der Waals surface area contributed by atoms with E-state index in [9.17, 15) is 27.9 Å². The molecule has 3 atom stereocenters. The Kier molecular flexibility index (Phi) is 9.29. The molecule has 0 aliphatic carbocycles. The number of imide groups is 1. The molecule has 34 heavy (non-hydrogen) atoms. The first-order valence-electron chi connectivity index (χ1n) is 10.7. The van der Waals surface area contributed by atoms with Gasteiger partial charge in [0.1, 0.15) is 6.04 Å². The number of nitrogens with zero attached hydrogens (tertiary/aromatic N) is 1. The first-order valence-corrected chi connectivity index (χ1v) is 13.1. The average Bonchev–Trinajstić information content (AvgIpc) is 2.77. The minimum absolute atomic E-state index is 0.0573. The Hall–Kier alpha value is -2.85. The number of nitrogens with one attached hydrogen (secondary N) is 1. The number of hydrogen-bond acceptors (Lipinski definition) is 6. The Morgan fingerprint density at radius 1 is 1.00 bits per heavy atom. The van der Waals surface area contributed by atoms with Crippen LogP contribution in [-0.4, -0.2) is 53.9 Å². The third-order valence-electron chi connectivity index (χ3n) is 5.33. The second-order valence-electron chi connectivity index (χ2n) is 8.56. The SMILES string of the molecule is CC(C)C[C@@H](C(=O)O)N(C(=O)Nc1ccc(S(C)(=O)=O)cc1)C(=O)C(S)C(C)c1ccccc1. The molecule has 0 aromatic heterocycles. The van der Waals surface area contributed by atoms with Gasteiger partial charge in [-0.15, -0.1) is 0 Å². The number of hydrogen-bond donors (Lipinski definition) is 3. The van der Waals surface area contributed by atoms with Gasteiger partial charge in [0.2, 0.25) is 5.91 Å². The quantitative estimate of drug-likeness (QED) is 0.441. The number of urea groups is 1. The summed E-state index contributed by atoms with van der Waals surface area (Å²) in [5, 5.41) is 11.4. The summed E-state index contributed by atoms with van der Waals surface area (Å²) in [4.78, 5) is 39.5. The number of carbonyl (C=O) groups excluding carboxylic acids is 2. The Balaban J connectivity index is 2.39. The lowest BCUT2D eigenvalue weighted by Crippen LogP contribution is -2.54. The molecular weight excluding hydrogens is 476 g/mol. The molecule has 0 bridgehead atoms. The van der Waals surface area contributed by atoms with Crippen LogP contribution in [0.3, 0.4) is 0 Å². The predicted octanol–water partition coefficient (Wildman–Crippen LogP) is 4.05. The molecule has 2 unspecified atom stereocenters. The van der Waals surface area contributed by atoms with E-state index >= 15 is 0 Å². The second kappa shape index (κ2) is 11.5. The van der Waals surface area contributed by atoms with Crippen LogP contribution in [0.25, 0.3) is 0 Å². The van der Waals surface area contributed by atoms with Crippen LogP contribution in [0.2, 0.25) is 0 Å². The molecule has 8 nitrogen and oxygen atoms in total. The number of aliphatic carboxylic acids is 1. The van der Waals surface area contributed by atoms with Gasteiger partial charge in [-0.3, -0.25) is 4.79 Å². The van der Waals surface area contributed by atoms with Crippen molar-refractivity contribution in [3.05, 3.63) is 60.2 Å². The molecule has 3 amide bonds. The van der Waals surface area contributed by atoms with Crippen molar-refractivity contribution < 1.29 is 27.9 Å². The van der Waals surface area contributed by atoms with Crippen LogP contribution in [0.15, 0.2) is 59.5 Å². The molecule has 2 N–H and O–H groups in total. The van der Waals surface area contributed by atoms with Crippen LogP contribution < -0.4 is 5.32 Å². The average molecular weight is 507 g/mol. The van der Waals surface area contributed by atoms with Crippen LogP contribution >= 0.6 is 12.6 Å². The van der Waals surface area contributed by atoms with E-state index in [1.165, 1.54) is 24.3 Å². The smallest absolute Gasteiger partial charge is 0.329 e. The lowest BCUT2D eigenvalue weighted by atomic mass is 9.95. The topological polar surface area (TPSA) is 121 Å². The summed E-state index contributed by atoms with van der Waals surface area (Å²) in [5.41, 5.74) is 1.04. The van der Waals surface area contributed by atoms with E-state index < -0.39 is 45.0 Å². The lowest BCUT2D eigenvalue weighted by Gasteiger charge is -2.32. The molecule has 2 aromatic rings. The normalized spacial score (nSPS) is 14.2. The van der Waals surface area contributed by atoms with Gasteiger partial charge in [0, 0.05) is 17.9 Å². The lowest BCUT2D eigenvalue weighted by molar-refractivity contribution is -0.148. The van der Waals surface area contributed by atoms with Crippen molar-refractivity contribution in [3.63, 3.8) is 0 Å². The molecule has 10 heteroatoms. The van der Waals surface area contributed by atoms with Gasteiger partial charge in [-0.1, -0.05) is 51.1 Å². The first kappa shape index (κ1) is 27.4. The van der Waals surface area contributed by atoms with Gasteiger partial charge in [0.05, 0.1) is 10.1 Å². The van der Waals surface area contributed by atoms with E-state index in [1.807, 2.05) is 30.3 Å². The van der Waals surface area contributed by atoms with E-state index in [2.05, 4.69) is 17.9 Å². The van der Waals surface area contributed by atoms with Crippen LogP contribution in [0.5, 0.6) is 0 Å². The Morgan fingerprint density at radius 2 is 1.56 bits per heavy atom. The minimum Gasteiger partial charge on any atom is -0.480 e. The molecule has 0 aliphatic rings. The summed E-state index contributed by atoms with van der Waals surface area (Å²) < 4.78 is 23.3. The van der Waals surface area contributed by atoms with E-state index in [1.54, 1.807) is 20.8 Å². The van der Waals surface area contributed by atoms with Gasteiger partial charge >= 0.3 is 12.0 Å². The van der Waals surface area contributed by atoms with Gasteiger partial charge in [0.15, 0.2) is 9.84 Å². The highest BCUT2D eigenvalue weighted by Gasteiger charge is 2.39. The Morgan fingerprint density at radius 3 is 2.03 bits per heavy atom. The van der Waals surface area contributed by atoms with Gasteiger partial charge in [0.25, 0.3) is 0 Å². The molecule has 0 heterocycles. The number of rotatable bonds is 9. The predicted molar refractivity (Wildman–Crippen MR) is 134 cm³/mol.